The Hall–Kier alpha value is -0.650. The van der Waals surface area contributed by atoms with Gasteiger partial charge in [0.1, 0.15) is 5.82 Å². The van der Waals surface area contributed by atoms with Crippen molar-refractivity contribution in [3.63, 3.8) is 0 Å². The third-order valence-electron chi connectivity index (χ3n) is 3.24. The van der Waals surface area contributed by atoms with E-state index in [4.69, 9.17) is 0 Å². The van der Waals surface area contributed by atoms with Gasteiger partial charge in [0.05, 0.1) is 4.47 Å². The highest BCUT2D eigenvalue weighted by molar-refractivity contribution is 9.10. The van der Waals surface area contributed by atoms with Crippen LogP contribution in [0.4, 0.5) is 4.39 Å². The number of hydrogen-bond acceptors (Lipinski definition) is 2. The first-order valence-corrected chi connectivity index (χ1v) is 6.83. The minimum atomic E-state index is -0.347. The lowest BCUT2D eigenvalue weighted by Crippen LogP contribution is -2.40. The van der Waals surface area contributed by atoms with Crippen LogP contribution in [0.25, 0.3) is 0 Å². The molecule has 1 fully saturated rings. The summed E-state index contributed by atoms with van der Waals surface area (Å²) >= 11 is 3.11. The zero-order valence-corrected chi connectivity index (χ0v) is 13.1. The van der Waals surface area contributed by atoms with E-state index in [1.54, 1.807) is 6.07 Å². The maximum absolute atomic E-state index is 13.2. The number of carbonyl (C=O) groups is 1. The second-order valence-corrected chi connectivity index (χ2v) is 5.34. The number of hydrogen-bond donors (Lipinski definition) is 1. The zero-order chi connectivity index (χ0) is 13.1. The summed E-state index contributed by atoms with van der Waals surface area (Å²) in [5, 5.41) is 3.10. The summed E-state index contributed by atoms with van der Waals surface area (Å²) in [7, 11) is 1.88. The topological polar surface area (TPSA) is 32.3 Å². The molecule has 3 nitrogen and oxygen atoms in total. The van der Waals surface area contributed by atoms with Gasteiger partial charge in [-0.05, 0) is 54.0 Å². The van der Waals surface area contributed by atoms with Crippen molar-refractivity contribution in [2.75, 3.05) is 20.1 Å². The first-order valence-electron chi connectivity index (χ1n) is 6.04. The molecular weight excluding hydrogens is 335 g/mol. The van der Waals surface area contributed by atoms with Gasteiger partial charge in [-0.3, -0.25) is 4.79 Å². The first-order chi connectivity index (χ1) is 8.63. The van der Waals surface area contributed by atoms with Crippen molar-refractivity contribution in [2.24, 2.45) is 0 Å². The van der Waals surface area contributed by atoms with Crippen LogP contribution >= 0.6 is 28.3 Å². The first kappa shape index (κ1) is 16.4. The van der Waals surface area contributed by atoms with Crippen molar-refractivity contribution in [1.29, 1.82) is 0 Å². The molecule has 0 aromatic heterocycles. The van der Waals surface area contributed by atoms with Gasteiger partial charge >= 0.3 is 0 Å². The normalized spacial score (nSPS) is 18.3. The van der Waals surface area contributed by atoms with Crippen molar-refractivity contribution in [3.05, 3.63) is 34.1 Å². The van der Waals surface area contributed by atoms with Crippen LogP contribution in [-0.4, -0.2) is 37.0 Å². The minimum Gasteiger partial charge on any atom is -0.334 e. The number of amides is 1. The standard InChI is InChI=1S/C13H16BrFN2O.ClH/c1-16-8-10-3-2-6-17(10)13(18)9-4-5-12(15)11(14)7-9;/h4-5,7,10,16H,2-3,6,8H2,1H3;1H. The van der Waals surface area contributed by atoms with E-state index in [2.05, 4.69) is 21.2 Å². The molecule has 1 aliphatic rings. The van der Waals surface area contributed by atoms with Crippen molar-refractivity contribution < 1.29 is 9.18 Å². The summed E-state index contributed by atoms with van der Waals surface area (Å²) in [5.41, 5.74) is 0.534. The van der Waals surface area contributed by atoms with Crippen molar-refractivity contribution >= 4 is 34.2 Å². The highest BCUT2D eigenvalue weighted by Crippen LogP contribution is 2.22. The van der Waals surface area contributed by atoms with E-state index in [1.165, 1.54) is 12.1 Å². The van der Waals surface area contributed by atoms with Gasteiger partial charge in [-0.15, -0.1) is 12.4 Å². The highest BCUT2D eigenvalue weighted by Gasteiger charge is 2.28. The third-order valence-corrected chi connectivity index (χ3v) is 3.85. The molecule has 0 bridgehead atoms. The van der Waals surface area contributed by atoms with Gasteiger partial charge in [0, 0.05) is 24.7 Å². The maximum atomic E-state index is 13.2. The van der Waals surface area contributed by atoms with Gasteiger partial charge in [0.25, 0.3) is 5.91 Å². The third kappa shape index (κ3) is 3.68. The summed E-state index contributed by atoms with van der Waals surface area (Å²) in [6.45, 7) is 1.58. The van der Waals surface area contributed by atoms with E-state index < -0.39 is 0 Å². The zero-order valence-electron chi connectivity index (χ0n) is 10.7. The Labute approximate surface area is 127 Å². The Bertz CT molecular complexity index is 458. The SMILES string of the molecule is CNCC1CCCN1C(=O)c1ccc(F)c(Br)c1.Cl. The molecular formula is C13H17BrClFN2O. The molecule has 1 N–H and O–H groups in total. The van der Waals surface area contributed by atoms with Crippen molar-refractivity contribution in [1.82, 2.24) is 10.2 Å². The van der Waals surface area contributed by atoms with Crippen LogP contribution in [0.2, 0.25) is 0 Å². The van der Waals surface area contributed by atoms with E-state index in [0.29, 0.717) is 10.0 Å². The molecule has 1 aromatic carbocycles. The molecule has 19 heavy (non-hydrogen) atoms. The molecule has 1 atom stereocenters. The molecule has 0 spiro atoms. The van der Waals surface area contributed by atoms with E-state index in [1.807, 2.05) is 11.9 Å². The van der Waals surface area contributed by atoms with Gasteiger partial charge in [-0.2, -0.15) is 0 Å². The van der Waals surface area contributed by atoms with Gasteiger partial charge in [-0.25, -0.2) is 4.39 Å². The second-order valence-electron chi connectivity index (χ2n) is 4.48. The van der Waals surface area contributed by atoms with Crippen LogP contribution in [0.1, 0.15) is 23.2 Å². The Morgan fingerprint density at radius 2 is 2.32 bits per heavy atom. The number of nitrogens with one attached hydrogen (secondary N) is 1. The summed E-state index contributed by atoms with van der Waals surface area (Å²) < 4.78 is 13.5. The molecule has 1 heterocycles. The molecule has 1 amide bonds. The summed E-state index contributed by atoms with van der Waals surface area (Å²) in [6, 6.07) is 4.65. The lowest BCUT2D eigenvalue weighted by Gasteiger charge is -2.24. The summed E-state index contributed by atoms with van der Waals surface area (Å²) in [5.74, 6) is -0.367. The molecule has 0 radical (unpaired) electrons. The van der Waals surface area contributed by atoms with E-state index in [0.717, 1.165) is 25.9 Å². The highest BCUT2D eigenvalue weighted by atomic mass is 79.9. The fourth-order valence-electron chi connectivity index (χ4n) is 2.35. The van der Waals surface area contributed by atoms with Crippen LogP contribution in [-0.2, 0) is 0 Å². The average Bonchev–Trinajstić information content (AvgIpc) is 2.80. The molecule has 106 valence electrons. The van der Waals surface area contributed by atoms with Crippen molar-refractivity contribution in [3.8, 4) is 0 Å². The lowest BCUT2D eigenvalue weighted by atomic mass is 10.1. The molecule has 0 saturated carbocycles. The van der Waals surface area contributed by atoms with Crippen LogP contribution in [0.5, 0.6) is 0 Å². The molecule has 1 aromatic rings. The van der Waals surface area contributed by atoms with Crippen molar-refractivity contribution in [2.45, 2.75) is 18.9 Å². The Morgan fingerprint density at radius 3 is 2.95 bits per heavy atom. The van der Waals surface area contributed by atoms with Gasteiger partial charge < -0.3 is 10.2 Å². The van der Waals surface area contributed by atoms with Crippen LogP contribution < -0.4 is 5.32 Å². The number of rotatable bonds is 3. The smallest absolute Gasteiger partial charge is 0.254 e. The quantitative estimate of drug-likeness (QED) is 0.908. The number of carbonyl (C=O) groups excluding carboxylic acids is 1. The minimum absolute atomic E-state index is 0. The number of nitrogens with zero attached hydrogens (tertiary/aromatic N) is 1. The Balaban J connectivity index is 0.00000180. The fourth-order valence-corrected chi connectivity index (χ4v) is 2.72. The van der Waals surface area contributed by atoms with Crippen LogP contribution in [0.3, 0.4) is 0 Å². The van der Waals surface area contributed by atoms with Gasteiger partial charge in [0.2, 0.25) is 0 Å². The number of likely N-dealkylation sites (N-methyl/N-ethyl adjacent to an activating group) is 1. The van der Waals surface area contributed by atoms with Crippen LogP contribution in [0, 0.1) is 5.82 Å². The van der Waals surface area contributed by atoms with Crippen LogP contribution in [0.15, 0.2) is 22.7 Å². The maximum Gasteiger partial charge on any atom is 0.254 e. The predicted molar refractivity (Wildman–Crippen MR) is 79.3 cm³/mol. The summed E-state index contributed by atoms with van der Waals surface area (Å²) in [6.07, 6.45) is 2.05. The molecule has 0 aliphatic carbocycles. The number of halogens is 3. The molecule has 2 rings (SSSR count). The number of likely N-dealkylation sites (tertiary alicyclic amines) is 1. The second kappa shape index (κ2) is 7.22. The van der Waals surface area contributed by atoms with E-state index in [-0.39, 0.29) is 30.2 Å². The molecule has 1 saturated heterocycles. The molecule has 1 aliphatic heterocycles. The van der Waals surface area contributed by atoms with Gasteiger partial charge in [-0.1, -0.05) is 0 Å². The number of benzene rings is 1. The largest absolute Gasteiger partial charge is 0.334 e. The monoisotopic (exact) mass is 350 g/mol. The lowest BCUT2D eigenvalue weighted by molar-refractivity contribution is 0.0737. The molecule has 1 unspecified atom stereocenters. The van der Waals surface area contributed by atoms with Gasteiger partial charge in [0.15, 0.2) is 0 Å². The predicted octanol–water partition coefficient (Wildman–Crippen LogP) is 2.83. The Kier molecular flexibility index (Phi) is 6.23. The summed E-state index contributed by atoms with van der Waals surface area (Å²) in [4.78, 5) is 14.2. The molecule has 6 heteroatoms. The average molecular weight is 352 g/mol. The van der Waals surface area contributed by atoms with E-state index in [9.17, 15) is 9.18 Å². The fraction of sp³-hybridized carbons (Fsp3) is 0.462. The Morgan fingerprint density at radius 1 is 1.58 bits per heavy atom. The van der Waals surface area contributed by atoms with E-state index >= 15 is 0 Å².